The lowest BCUT2D eigenvalue weighted by molar-refractivity contribution is -0.552. The summed E-state index contributed by atoms with van der Waals surface area (Å²) in [5.74, 6) is 2.20. The van der Waals surface area contributed by atoms with Crippen LogP contribution in [0.4, 0.5) is 10.6 Å². The number of anilines is 1. The topological polar surface area (TPSA) is 118 Å². The van der Waals surface area contributed by atoms with Crippen molar-refractivity contribution in [2.75, 3.05) is 18.5 Å². The molecule has 2 aromatic heterocycles. The maximum Gasteiger partial charge on any atom is 0.404 e. The van der Waals surface area contributed by atoms with E-state index in [9.17, 15) is 9.59 Å². The summed E-state index contributed by atoms with van der Waals surface area (Å²) in [7, 11) is 0. The molecular weight excluding hydrogens is 508 g/mol. The molecule has 9 heteroatoms. The van der Waals surface area contributed by atoms with Crippen LogP contribution in [-0.2, 0) is 12.8 Å². The van der Waals surface area contributed by atoms with E-state index >= 15 is 0 Å². The van der Waals surface area contributed by atoms with E-state index in [-0.39, 0.29) is 5.91 Å². The van der Waals surface area contributed by atoms with Crippen molar-refractivity contribution < 1.29 is 28.4 Å². The van der Waals surface area contributed by atoms with Gasteiger partial charge in [0.05, 0.1) is 19.3 Å². The summed E-state index contributed by atoms with van der Waals surface area (Å²) in [4.78, 5) is 28.9. The van der Waals surface area contributed by atoms with Gasteiger partial charge in [0.15, 0.2) is 0 Å². The van der Waals surface area contributed by atoms with Crippen molar-refractivity contribution in [1.29, 1.82) is 0 Å². The van der Waals surface area contributed by atoms with Crippen LogP contribution >= 0.6 is 0 Å². The third kappa shape index (κ3) is 6.85. The number of hydrogen-bond donors (Lipinski definition) is 3. The molecule has 3 heterocycles. The van der Waals surface area contributed by atoms with E-state index in [1.54, 1.807) is 17.0 Å². The van der Waals surface area contributed by atoms with Gasteiger partial charge in [-0.15, -0.1) is 0 Å². The largest absolute Gasteiger partial charge is 0.494 e. The molecule has 9 nitrogen and oxygen atoms in total. The molecule has 0 fully saturated rings. The third-order valence-corrected chi connectivity index (χ3v) is 6.83. The Labute approximate surface area is 232 Å². The van der Waals surface area contributed by atoms with Crippen LogP contribution in [0.1, 0.15) is 47.5 Å². The van der Waals surface area contributed by atoms with E-state index in [1.807, 2.05) is 54.6 Å². The number of furan rings is 1. The van der Waals surface area contributed by atoms with Gasteiger partial charge in [-0.05, 0) is 54.8 Å². The number of benzene rings is 2. The summed E-state index contributed by atoms with van der Waals surface area (Å²) in [5.41, 5.74) is 3.52. The highest BCUT2D eigenvalue weighted by atomic mass is 16.5. The minimum atomic E-state index is -0.981. The lowest BCUT2D eigenvalue weighted by atomic mass is 10.1. The molecule has 0 aliphatic carbocycles. The van der Waals surface area contributed by atoms with Crippen molar-refractivity contribution in [3.63, 3.8) is 0 Å². The zero-order chi connectivity index (χ0) is 27.7. The molecule has 0 saturated carbocycles. The van der Waals surface area contributed by atoms with Crippen LogP contribution in [0.5, 0.6) is 5.75 Å². The van der Waals surface area contributed by atoms with Gasteiger partial charge in [0, 0.05) is 18.5 Å². The van der Waals surface area contributed by atoms with Crippen molar-refractivity contribution in [3.8, 4) is 17.0 Å². The molecule has 1 aliphatic rings. The first-order valence-corrected chi connectivity index (χ1v) is 13.6. The molecule has 0 saturated heterocycles. The summed E-state index contributed by atoms with van der Waals surface area (Å²) in [6.45, 7) is 1.07. The molecule has 1 amide bonds. The van der Waals surface area contributed by atoms with E-state index in [2.05, 4.69) is 22.8 Å². The molecule has 1 aliphatic heterocycles. The number of unbranched alkanes of at least 4 members (excludes halogenated alkanes) is 3. The van der Waals surface area contributed by atoms with E-state index in [0.717, 1.165) is 54.0 Å². The Morgan fingerprint density at radius 2 is 1.82 bits per heavy atom. The van der Waals surface area contributed by atoms with Crippen LogP contribution in [0, 0.1) is 0 Å². The molecule has 5 rings (SSSR count). The molecule has 1 atom stereocenters. The lowest BCUT2D eigenvalue weighted by Gasteiger charge is -2.09. The summed E-state index contributed by atoms with van der Waals surface area (Å²) < 4.78 is 13.1. The summed E-state index contributed by atoms with van der Waals surface area (Å²) >= 11 is 0. The fourth-order valence-electron chi connectivity index (χ4n) is 4.78. The van der Waals surface area contributed by atoms with Crippen LogP contribution < -0.4 is 19.9 Å². The third-order valence-electron chi connectivity index (χ3n) is 6.83. The number of nitrogens with one attached hydrogen (secondary N) is 2. The Kier molecular flexibility index (Phi) is 8.70. The molecule has 0 bridgehead atoms. The normalized spacial score (nSPS) is 14.0. The SMILES string of the molecule is O=C(O)NCCCCCCOc1ccc(-c2c[n+]3c(c(Cc4ccccc4)n2)NC(Cc2ccco2)C3=O)cc1. The first-order chi connectivity index (χ1) is 19.6. The second-order valence-electron chi connectivity index (χ2n) is 9.79. The second kappa shape index (κ2) is 12.9. The molecule has 4 aromatic rings. The highest BCUT2D eigenvalue weighted by Gasteiger charge is 2.41. The van der Waals surface area contributed by atoms with E-state index in [1.165, 1.54) is 0 Å². The number of carbonyl (C=O) groups excluding carboxylic acids is 1. The van der Waals surface area contributed by atoms with Crippen molar-refractivity contribution in [3.05, 3.63) is 96.2 Å². The lowest BCUT2D eigenvalue weighted by Crippen LogP contribution is -2.44. The van der Waals surface area contributed by atoms with Crippen molar-refractivity contribution in [2.24, 2.45) is 0 Å². The Morgan fingerprint density at radius 3 is 2.58 bits per heavy atom. The van der Waals surface area contributed by atoms with E-state index < -0.39 is 12.1 Å². The highest BCUT2D eigenvalue weighted by Crippen LogP contribution is 2.26. The van der Waals surface area contributed by atoms with Gasteiger partial charge < -0.3 is 19.6 Å². The fourth-order valence-corrected chi connectivity index (χ4v) is 4.78. The van der Waals surface area contributed by atoms with Gasteiger partial charge in [0.25, 0.3) is 0 Å². The van der Waals surface area contributed by atoms with Gasteiger partial charge in [-0.25, -0.2) is 14.6 Å². The predicted octanol–water partition coefficient (Wildman–Crippen LogP) is 5.10. The number of amides is 1. The van der Waals surface area contributed by atoms with E-state index in [4.69, 9.17) is 19.2 Å². The number of nitrogens with zero attached hydrogens (tertiary/aromatic N) is 2. The Balaban J connectivity index is 1.27. The monoisotopic (exact) mass is 541 g/mol. The van der Waals surface area contributed by atoms with Gasteiger partial charge >= 0.3 is 17.8 Å². The zero-order valence-electron chi connectivity index (χ0n) is 22.2. The smallest absolute Gasteiger partial charge is 0.404 e. The van der Waals surface area contributed by atoms with Crippen LogP contribution in [-0.4, -0.2) is 41.3 Å². The van der Waals surface area contributed by atoms with Crippen LogP contribution in [0.3, 0.4) is 0 Å². The number of carbonyl (C=O) groups is 2. The van der Waals surface area contributed by atoms with Crippen LogP contribution in [0.2, 0.25) is 0 Å². The first kappa shape index (κ1) is 26.9. The minimum Gasteiger partial charge on any atom is -0.494 e. The molecule has 1 unspecified atom stereocenters. The zero-order valence-corrected chi connectivity index (χ0v) is 22.2. The standard InChI is InChI=1S/C31H32N4O5/c36-30-27(20-25-11-8-18-40-25)34-29-26(19-22-9-4-3-5-10-22)33-28(21-35(29)30)23-12-14-24(15-13-23)39-17-7-2-1-6-16-32-31(37)38/h3-5,8-15,18,21,27,32H,1-2,6-7,16-17,19-20H2,(H,37,38)/p+1. The number of rotatable bonds is 13. The second-order valence-corrected chi connectivity index (χ2v) is 9.79. The Morgan fingerprint density at radius 1 is 1.02 bits per heavy atom. The summed E-state index contributed by atoms with van der Waals surface area (Å²) in [6.07, 6.45) is 7.13. The van der Waals surface area contributed by atoms with E-state index in [0.29, 0.717) is 37.5 Å². The average Bonchev–Trinajstić information content (AvgIpc) is 3.59. The van der Waals surface area contributed by atoms with Gasteiger partial charge in [-0.3, -0.25) is 5.32 Å². The average molecular weight is 542 g/mol. The predicted molar refractivity (Wildman–Crippen MR) is 150 cm³/mol. The molecule has 3 N–H and O–H groups in total. The maximum absolute atomic E-state index is 13.4. The maximum atomic E-state index is 13.4. The van der Waals surface area contributed by atoms with Crippen LogP contribution in [0.15, 0.2) is 83.6 Å². The molecule has 40 heavy (non-hydrogen) atoms. The van der Waals surface area contributed by atoms with Crippen molar-refractivity contribution in [1.82, 2.24) is 10.3 Å². The van der Waals surface area contributed by atoms with Crippen molar-refractivity contribution >= 4 is 17.8 Å². The van der Waals surface area contributed by atoms with Gasteiger partial charge in [-0.1, -0.05) is 43.2 Å². The molecule has 206 valence electrons. The Bertz CT molecular complexity index is 1420. The van der Waals surface area contributed by atoms with Gasteiger partial charge in [0.2, 0.25) is 6.04 Å². The number of aromatic nitrogens is 2. The molecular formula is C31H33N4O5+. The van der Waals surface area contributed by atoms with Crippen molar-refractivity contribution in [2.45, 2.75) is 44.6 Å². The summed E-state index contributed by atoms with van der Waals surface area (Å²) in [5, 5.41) is 14.4. The number of hydrogen-bond acceptors (Lipinski definition) is 6. The number of carboxylic acid groups (broad SMARTS) is 1. The minimum absolute atomic E-state index is 0.0388. The number of fused-ring (bicyclic) bond motifs is 1. The molecule has 0 spiro atoms. The summed E-state index contributed by atoms with van der Waals surface area (Å²) in [6, 6.07) is 21.1. The molecule has 0 radical (unpaired) electrons. The highest BCUT2D eigenvalue weighted by molar-refractivity contribution is 5.82. The Hall–Kier alpha value is -4.66. The van der Waals surface area contributed by atoms with Gasteiger partial charge in [0.1, 0.15) is 29.1 Å². The van der Waals surface area contributed by atoms with Crippen LogP contribution in [0.25, 0.3) is 11.3 Å². The fraction of sp³-hybridized carbons (Fsp3) is 0.290. The quantitative estimate of drug-likeness (QED) is 0.159. The first-order valence-electron chi connectivity index (χ1n) is 13.6. The van der Waals surface area contributed by atoms with Gasteiger partial charge in [-0.2, -0.15) is 4.57 Å². The number of ether oxygens (including phenoxy) is 1. The molecule has 2 aromatic carbocycles.